The average molecular weight is 341 g/mol. The maximum absolute atomic E-state index is 12.3. The molecule has 5 heteroatoms. The zero-order valence-corrected chi connectivity index (χ0v) is 14.4. The van der Waals surface area contributed by atoms with Gasteiger partial charge in [-0.25, -0.2) is 0 Å². The van der Waals surface area contributed by atoms with Gasteiger partial charge in [0.25, 0.3) is 5.91 Å². The van der Waals surface area contributed by atoms with Gasteiger partial charge in [0.05, 0.1) is 6.61 Å². The minimum atomic E-state index is -0.180. The minimum Gasteiger partial charge on any atom is -0.491 e. The predicted molar refractivity (Wildman–Crippen MR) is 98.5 cm³/mol. The van der Waals surface area contributed by atoms with E-state index in [-0.39, 0.29) is 5.91 Å². The second-order valence-corrected chi connectivity index (χ2v) is 5.15. The van der Waals surface area contributed by atoms with Crippen molar-refractivity contribution in [3.63, 3.8) is 0 Å². The van der Waals surface area contributed by atoms with Gasteiger partial charge in [-0.15, -0.1) is 0 Å². The second kappa shape index (κ2) is 10.2. The van der Waals surface area contributed by atoms with Crippen molar-refractivity contribution in [3.05, 3.63) is 66.7 Å². The summed E-state index contributed by atoms with van der Waals surface area (Å²) in [5.41, 5.74) is 1.26. The smallest absolute Gasteiger partial charge is 0.255 e. The van der Waals surface area contributed by atoms with Crippen LogP contribution in [-0.2, 0) is 4.74 Å². The van der Waals surface area contributed by atoms with Crippen LogP contribution in [0.3, 0.4) is 0 Å². The van der Waals surface area contributed by atoms with Crippen LogP contribution in [0.1, 0.15) is 17.3 Å². The van der Waals surface area contributed by atoms with Crippen molar-refractivity contribution < 1.29 is 19.0 Å². The third kappa shape index (κ3) is 6.31. The summed E-state index contributed by atoms with van der Waals surface area (Å²) in [6.45, 7) is 7.69. The zero-order valence-electron chi connectivity index (χ0n) is 14.4. The Morgan fingerprint density at radius 1 is 1.00 bits per heavy atom. The summed E-state index contributed by atoms with van der Waals surface area (Å²) < 4.78 is 16.1. The molecule has 2 aromatic carbocycles. The topological polar surface area (TPSA) is 56.8 Å². The molecule has 0 saturated carbocycles. The van der Waals surface area contributed by atoms with Crippen molar-refractivity contribution >= 4 is 11.6 Å². The Hall–Kier alpha value is -2.79. The van der Waals surface area contributed by atoms with Crippen molar-refractivity contribution in [1.29, 1.82) is 0 Å². The van der Waals surface area contributed by atoms with E-state index in [1.165, 1.54) is 0 Å². The summed E-state index contributed by atoms with van der Waals surface area (Å²) in [6, 6.07) is 14.2. The highest BCUT2D eigenvalue weighted by molar-refractivity contribution is 6.04. The van der Waals surface area contributed by atoms with Gasteiger partial charge in [-0.1, -0.05) is 12.7 Å². The summed E-state index contributed by atoms with van der Waals surface area (Å²) >= 11 is 0. The summed E-state index contributed by atoms with van der Waals surface area (Å²) in [7, 11) is 0. The van der Waals surface area contributed by atoms with E-state index in [1.54, 1.807) is 54.6 Å². The van der Waals surface area contributed by atoms with Crippen molar-refractivity contribution in [1.82, 2.24) is 0 Å². The number of hydrogen-bond donors (Lipinski definition) is 1. The van der Waals surface area contributed by atoms with Gasteiger partial charge in [-0.05, 0) is 55.5 Å². The Kier molecular flexibility index (Phi) is 7.53. The normalized spacial score (nSPS) is 10.1. The molecule has 25 heavy (non-hydrogen) atoms. The first-order valence-corrected chi connectivity index (χ1v) is 8.18. The van der Waals surface area contributed by atoms with Crippen molar-refractivity contribution in [2.45, 2.75) is 6.92 Å². The van der Waals surface area contributed by atoms with E-state index >= 15 is 0 Å². The Balaban J connectivity index is 1.86. The van der Waals surface area contributed by atoms with Gasteiger partial charge >= 0.3 is 0 Å². The number of benzene rings is 2. The van der Waals surface area contributed by atoms with Crippen LogP contribution in [0.25, 0.3) is 0 Å². The van der Waals surface area contributed by atoms with Crippen LogP contribution < -0.4 is 14.8 Å². The highest BCUT2D eigenvalue weighted by Gasteiger charge is 2.06. The molecule has 2 aromatic rings. The molecule has 0 unspecified atom stereocenters. The van der Waals surface area contributed by atoms with Gasteiger partial charge in [-0.3, -0.25) is 4.79 Å². The fourth-order valence-corrected chi connectivity index (χ4v) is 2.06. The van der Waals surface area contributed by atoms with Crippen LogP contribution in [0.2, 0.25) is 0 Å². The molecule has 0 fully saturated rings. The first kappa shape index (κ1) is 18.5. The number of carbonyl (C=O) groups excluding carboxylic acids is 1. The lowest BCUT2D eigenvalue weighted by Crippen LogP contribution is -2.12. The van der Waals surface area contributed by atoms with Crippen LogP contribution in [0.5, 0.6) is 11.5 Å². The number of rotatable bonds is 10. The van der Waals surface area contributed by atoms with E-state index in [0.29, 0.717) is 43.4 Å². The Labute approximate surface area is 148 Å². The molecule has 5 nitrogen and oxygen atoms in total. The van der Waals surface area contributed by atoms with Crippen molar-refractivity contribution in [3.8, 4) is 11.5 Å². The molecule has 1 amide bonds. The highest BCUT2D eigenvalue weighted by Crippen LogP contribution is 2.17. The molecule has 0 aromatic heterocycles. The minimum absolute atomic E-state index is 0.180. The lowest BCUT2D eigenvalue weighted by Gasteiger charge is -2.09. The molecule has 132 valence electrons. The van der Waals surface area contributed by atoms with Crippen LogP contribution >= 0.6 is 0 Å². The number of nitrogens with one attached hydrogen (secondary N) is 1. The summed E-state index contributed by atoms with van der Waals surface area (Å²) in [5.74, 6) is 1.26. The van der Waals surface area contributed by atoms with Crippen LogP contribution in [0, 0.1) is 0 Å². The summed E-state index contributed by atoms with van der Waals surface area (Å²) in [6.07, 6.45) is 1.68. The first-order chi connectivity index (χ1) is 12.2. The molecule has 0 heterocycles. The first-order valence-electron chi connectivity index (χ1n) is 8.18. The van der Waals surface area contributed by atoms with E-state index in [4.69, 9.17) is 14.2 Å². The number of amides is 1. The van der Waals surface area contributed by atoms with Gasteiger partial charge in [-0.2, -0.15) is 0 Å². The van der Waals surface area contributed by atoms with E-state index in [0.717, 1.165) is 5.75 Å². The fourth-order valence-electron chi connectivity index (χ4n) is 2.06. The average Bonchev–Trinajstić information content (AvgIpc) is 2.65. The molecule has 2 rings (SSSR count). The van der Waals surface area contributed by atoms with E-state index in [1.807, 2.05) is 6.92 Å². The van der Waals surface area contributed by atoms with E-state index in [2.05, 4.69) is 11.9 Å². The molecular formula is C20H23NO4. The monoisotopic (exact) mass is 341 g/mol. The molecule has 0 aliphatic carbocycles. The highest BCUT2D eigenvalue weighted by atomic mass is 16.5. The quantitative estimate of drug-likeness (QED) is 0.526. The molecule has 0 spiro atoms. The summed E-state index contributed by atoms with van der Waals surface area (Å²) in [4.78, 5) is 12.3. The Morgan fingerprint density at radius 2 is 1.64 bits per heavy atom. The predicted octanol–water partition coefficient (Wildman–Crippen LogP) is 3.92. The maximum atomic E-state index is 12.3. The number of hydrogen-bond acceptors (Lipinski definition) is 4. The van der Waals surface area contributed by atoms with Crippen molar-refractivity contribution in [2.75, 3.05) is 31.7 Å². The number of anilines is 1. The van der Waals surface area contributed by atoms with Gasteiger partial charge in [0.2, 0.25) is 0 Å². The lowest BCUT2D eigenvalue weighted by molar-refractivity contribution is 0.102. The van der Waals surface area contributed by atoms with E-state index < -0.39 is 0 Å². The van der Waals surface area contributed by atoms with Crippen LogP contribution in [-0.4, -0.2) is 32.3 Å². The van der Waals surface area contributed by atoms with Gasteiger partial charge in [0.15, 0.2) is 0 Å². The fraction of sp³-hybridized carbons (Fsp3) is 0.250. The van der Waals surface area contributed by atoms with Crippen molar-refractivity contribution in [2.24, 2.45) is 0 Å². The molecule has 0 radical (unpaired) electrons. The molecule has 0 saturated heterocycles. The SMILES string of the molecule is C=CCOc1ccc(NC(=O)c2ccc(OCCOCC)cc2)cc1. The summed E-state index contributed by atoms with van der Waals surface area (Å²) in [5, 5.41) is 2.85. The van der Waals surface area contributed by atoms with Gasteiger partial charge in [0, 0.05) is 17.9 Å². The maximum Gasteiger partial charge on any atom is 0.255 e. The Morgan fingerprint density at radius 3 is 2.28 bits per heavy atom. The third-order valence-corrected chi connectivity index (χ3v) is 3.30. The standard InChI is InChI=1S/C20H23NO4/c1-3-13-24-19-11-7-17(8-12-19)21-20(22)16-5-9-18(10-6-16)25-15-14-23-4-2/h3,5-12H,1,4,13-15H2,2H3,(H,21,22). The van der Waals surface area contributed by atoms with Gasteiger partial charge in [0.1, 0.15) is 24.7 Å². The molecule has 0 aliphatic heterocycles. The molecule has 1 N–H and O–H groups in total. The molecule has 0 atom stereocenters. The molecular weight excluding hydrogens is 318 g/mol. The zero-order chi connectivity index (χ0) is 17.9. The van der Waals surface area contributed by atoms with Crippen LogP contribution in [0.4, 0.5) is 5.69 Å². The van der Waals surface area contributed by atoms with E-state index in [9.17, 15) is 4.79 Å². The largest absolute Gasteiger partial charge is 0.491 e. The van der Waals surface area contributed by atoms with Gasteiger partial charge < -0.3 is 19.5 Å². The molecule has 0 bridgehead atoms. The number of ether oxygens (including phenoxy) is 3. The van der Waals surface area contributed by atoms with Crippen LogP contribution in [0.15, 0.2) is 61.2 Å². The third-order valence-electron chi connectivity index (χ3n) is 3.30. The second-order valence-electron chi connectivity index (χ2n) is 5.15. The molecule has 0 aliphatic rings. The lowest BCUT2D eigenvalue weighted by atomic mass is 10.2. The Bertz CT molecular complexity index is 665. The number of carbonyl (C=O) groups is 1.